The van der Waals surface area contributed by atoms with E-state index >= 15 is 0 Å². The fraction of sp³-hybridized carbons (Fsp3) is 0.800. The Bertz CT molecular complexity index is 617. The Morgan fingerprint density at radius 2 is 2.12 bits per heavy atom. The minimum atomic E-state index is -0.0490. The Morgan fingerprint density at radius 3 is 2.81 bits per heavy atom. The molecule has 3 fully saturated rings. The summed E-state index contributed by atoms with van der Waals surface area (Å²) in [5.41, 5.74) is 0.614. The molecule has 3 heterocycles. The lowest BCUT2D eigenvalue weighted by Gasteiger charge is -2.46. The minimum absolute atomic E-state index is 0.0457. The normalized spacial score (nSPS) is 25.6. The first-order valence-electron chi connectivity index (χ1n) is 10.1. The molecule has 3 aliphatic rings. The molecule has 6 heteroatoms. The Balaban J connectivity index is 1.25. The maximum atomic E-state index is 12.6. The zero-order valence-electron chi connectivity index (χ0n) is 15.7. The standard InChI is InChI=1S/C20H30N2O4/c1-15-18(25-14-21-15)19(23)22-8-6-20(7-9-22)12-16(5-11-26-20)4-10-24-13-17-2-3-17/h14,16-17H,2-13H2,1H3. The fourth-order valence-corrected chi connectivity index (χ4v) is 4.28. The molecule has 2 aliphatic heterocycles. The van der Waals surface area contributed by atoms with Gasteiger partial charge in [0, 0.05) is 32.9 Å². The highest BCUT2D eigenvalue weighted by Gasteiger charge is 2.41. The average Bonchev–Trinajstić information content (AvgIpc) is 3.38. The molecule has 1 saturated carbocycles. The number of amides is 1. The maximum Gasteiger partial charge on any atom is 0.291 e. The van der Waals surface area contributed by atoms with E-state index in [1.807, 2.05) is 11.8 Å². The highest BCUT2D eigenvalue weighted by molar-refractivity contribution is 5.92. The summed E-state index contributed by atoms with van der Waals surface area (Å²) < 4.78 is 17.3. The van der Waals surface area contributed by atoms with Crippen LogP contribution >= 0.6 is 0 Å². The molecule has 1 amide bonds. The van der Waals surface area contributed by atoms with Crippen molar-refractivity contribution in [2.24, 2.45) is 11.8 Å². The zero-order chi connectivity index (χ0) is 18.0. The number of aromatic nitrogens is 1. The lowest BCUT2D eigenvalue weighted by molar-refractivity contribution is -0.126. The van der Waals surface area contributed by atoms with Crippen LogP contribution in [0.2, 0.25) is 0 Å². The van der Waals surface area contributed by atoms with Crippen LogP contribution in [0.25, 0.3) is 0 Å². The van der Waals surface area contributed by atoms with Crippen molar-refractivity contribution < 1.29 is 18.7 Å². The molecule has 1 atom stereocenters. The molecule has 4 rings (SSSR count). The van der Waals surface area contributed by atoms with Crippen LogP contribution in [0.5, 0.6) is 0 Å². The highest BCUT2D eigenvalue weighted by atomic mass is 16.5. The van der Waals surface area contributed by atoms with Crippen molar-refractivity contribution in [2.75, 3.05) is 32.9 Å². The molecule has 1 aromatic rings. The van der Waals surface area contributed by atoms with Gasteiger partial charge in [0.25, 0.3) is 5.91 Å². The summed E-state index contributed by atoms with van der Waals surface area (Å²) in [6.07, 6.45) is 9.23. The summed E-state index contributed by atoms with van der Waals surface area (Å²) in [6, 6.07) is 0. The van der Waals surface area contributed by atoms with Gasteiger partial charge >= 0.3 is 0 Å². The van der Waals surface area contributed by atoms with Gasteiger partial charge in [-0.1, -0.05) is 0 Å². The van der Waals surface area contributed by atoms with Crippen molar-refractivity contribution in [2.45, 2.75) is 57.5 Å². The molecular formula is C20H30N2O4. The molecule has 1 aliphatic carbocycles. The number of carbonyl (C=O) groups excluding carboxylic acids is 1. The van der Waals surface area contributed by atoms with Crippen molar-refractivity contribution in [1.82, 2.24) is 9.88 Å². The quantitative estimate of drug-likeness (QED) is 0.727. The van der Waals surface area contributed by atoms with Crippen LogP contribution in [0.15, 0.2) is 10.8 Å². The lowest BCUT2D eigenvalue weighted by Crippen LogP contribution is -2.50. The number of likely N-dealkylation sites (tertiary alicyclic amines) is 1. The minimum Gasteiger partial charge on any atom is -0.438 e. The van der Waals surface area contributed by atoms with Gasteiger partial charge in [0.05, 0.1) is 11.3 Å². The van der Waals surface area contributed by atoms with Crippen LogP contribution in [0, 0.1) is 18.8 Å². The van der Waals surface area contributed by atoms with Gasteiger partial charge in [-0.25, -0.2) is 4.98 Å². The van der Waals surface area contributed by atoms with Gasteiger partial charge in [0.2, 0.25) is 5.76 Å². The van der Waals surface area contributed by atoms with E-state index in [1.165, 1.54) is 19.2 Å². The third kappa shape index (κ3) is 4.12. The predicted octanol–water partition coefficient (Wildman–Crippen LogP) is 3.20. The second-order valence-corrected chi connectivity index (χ2v) is 8.26. The third-order valence-corrected chi connectivity index (χ3v) is 6.22. The van der Waals surface area contributed by atoms with Crippen molar-refractivity contribution >= 4 is 5.91 Å². The second-order valence-electron chi connectivity index (χ2n) is 8.26. The molecular weight excluding hydrogens is 332 g/mol. The van der Waals surface area contributed by atoms with Crippen LogP contribution in [0.1, 0.15) is 61.2 Å². The summed E-state index contributed by atoms with van der Waals surface area (Å²) in [5.74, 6) is 1.85. The molecule has 0 bridgehead atoms. The molecule has 0 N–H and O–H groups in total. The van der Waals surface area contributed by atoms with Gasteiger partial charge in [-0.15, -0.1) is 0 Å². The third-order valence-electron chi connectivity index (χ3n) is 6.22. The smallest absolute Gasteiger partial charge is 0.291 e. The van der Waals surface area contributed by atoms with Crippen LogP contribution < -0.4 is 0 Å². The molecule has 6 nitrogen and oxygen atoms in total. The fourth-order valence-electron chi connectivity index (χ4n) is 4.28. The Hall–Kier alpha value is -1.40. The van der Waals surface area contributed by atoms with Crippen LogP contribution in [-0.4, -0.2) is 54.3 Å². The summed E-state index contributed by atoms with van der Waals surface area (Å²) in [5, 5.41) is 0. The second kappa shape index (κ2) is 7.69. The largest absolute Gasteiger partial charge is 0.438 e. The molecule has 1 unspecified atom stereocenters. The number of aryl methyl sites for hydroxylation is 1. The molecule has 144 valence electrons. The van der Waals surface area contributed by atoms with Gasteiger partial charge in [-0.05, 0) is 63.7 Å². The van der Waals surface area contributed by atoms with E-state index in [0.717, 1.165) is 70.9 Å². The van der Waals surface area contributed by atoms with E-state index in [0.29, 0.717) is 17.4 Å². The van der Waals surface area contributed by atoms with Gasteiger partial charge in [0.15, 0.2) is 6.39 Å². The molecule has 2 saturated heterocycles. The first-order chi connectivity index (χ1) is 12.7. The summed E-state index contributed by atoms with van der Waals surface area (Å²) in [6.45, 7) is 5.93. The van der Waals surface area contributed by atoms with Crippen molar-refractivity contribution in [3.8, 4) is 0 Å². The molecule has 1 spiro atoms. The van der Waals surface area contributed by atoms with E-state index in [9.17, 15) is 4.79 Å². The van der Waals surface area contributed by atoms with Crippen LogP contribution in [-0.2, 0) is 9.47 Å². The van der Waals surface area contributed by atoms with Crippen molar-refractivity contribution in [3.63, 3.8) is 0 Å². The van der Waals surface area contributed by atoms with E-state index in [1.54, 1.807) is 0 Å². The number of hydrogen-bond donors (Lipinski definition) is 0. The van der Waals surface area contributed by atoms with Crippen molar-refractivity contribution in [1.29, 1.82) is 0 Å². The molecule has 0 radical (unpaired) electrons. The lowest BCUT2D eigenvalue weighted by atomic mass is 9.78. The highest BCUT2D eigenvalue weighted by Crippen LogP contribution is 2.39. The number of rotatable bonds is 6. The topological polar surface area (TPSA) is 64.8 Å². The van der Waals surface area contributed by atoms with Crippen molar-refractivity contribution in [3.05, 3.63) is 17.8 Å². The summed E-state index contributed by atoms with van der Waals surface area (Å²) in [7, 11) is 0. The Labute approximate surface area is 155 Å². The van der Waals surface area contributed by atoms with E-state index in [4.69, 9.17) is 13.9 Å². The van der Waals surface area contributed by atoms with Crippen LogP contribution in [0.3, 0.4) is 0 Å². The van der Waals surface area contributed by atoms with E-state index < -0.39 is 0 Å². The zero-order valence-corrected chi connectivity index (χ0v) is 15.7. The molecule has 0 aromatic carbocycles. The maximum absolute atomic E-state index is 12.6. The van der Waals surface area contributed by atoms with E-state index in [2.05, 4.69) is 4.98 Å². The number of hydrogen-bond acceptors (Lipinski definition) is 5. The summed E-state index contributed by atoms with van der Waals surface area (Å²) in [4.78, 5) is 18.5. The monoisotopic (exact) mass is 362 g/mol. The Kier molecular flexibility index (Phi) is 5.32. The predicted molar refractivity (Wildman–Crippen MR) is 95.9 cm³/mol. The van der Waals surface area contributed by atoms with Crippen LogP contribution in [0.4, 0.5) is 0 Å². The van der Waals surface area contributed by atoms with Gasteiger partial charge < -0.3 is 18.8 Å². The Morgan fingerprint density at radius 1 is 1.31 bits per heavy atom. The van der Waals surface area contributed by atoms with E-state index in [-0.39, 0.29) is 11.5 Å². The molecule has 1 aromatic heterocycles. The number of nitrogens with zero attached hydrogens (tertiary/aromatic N) is 2. The van der Waals surface area contributed by atoms with Gasteiger partial charge in [-0.2, -0.15) is 0 Å². The number of carbonyl (C=O) groups is 1. The first-order valence-corrected chi connectivity index (χ1v) is 10.1. The van der Waals surface area contributed by atoms with Gasteiger partial charge in [0.1, 0.15) is 0 Å². The SMILES string of the molecule is Cc1ncoc1C(=O)N1CCC2(CC1)CC(CCOCC1CC1)CCO2. The average molecular weight is 362 g/mol. The number of piperidine rings is 1. The number of oxazole rings is 1. The summed E-state index contributed by atoms with van der Waals surface area (Å²) >= 11 is 0. The number of ether oxygens (including phenoxy) is 2. The first kappa shape index (κ1) is 18.0. The molecule has 26 heavy (non-hydrogen) atoms. The van der Waals surface area contributed by atoms with Gasteiger partial charge in [-0.3, -0.25) is 4.79 Å².